The van der Waals surface area contributed by atoms with Gasteiger partial charge in [-0.25, -0.2) is 4.98 Å². The summed E-state index contributed by atoms with van der Waals surface area (Å²) in [4.78, 5) is 5.56. The number of nitrogens with zero attached hydrogens (tertiary/aromatic N) is 2. The molecule has 86 valence electrons. The Kier molecular flexibility index (Phi) is 4.13. The van der Waals surface area contributed by atoms with Crippen molar-refractivity contribution in [3.63, 3.8) is 0 Å². The van der Waals surface area contributed by atoms with Gasteiger partial charge >= 0.3 is 0 Å². The summed E-state index contributed by atoms with van der Waals surface area (Å²) < 4.78 is 2.21. The summed E-state index contributed by atoms with van der Waals surface area (Å²) in [5, 5.41) is 5.55. The molecular formula is C12H17N3S. The van der Waals surface area contributed by atoms with E-state index in [1.165, 1.54) is 10.6 Å². The van der Waals surface area contributed by atoms with E-state index in [1.54, 1.807) is 11.3 Å². The van der Waals surface area contributed by atoms with Crippen LogP contribution in [0.4, 0.5) is 0 Å². The van der Waals surface area contributed by atoms with E-state index in [-0.39, 0.29) is 0 Å². The van der Waals surface area contributed by atoms with Crippen LogP contribution < -0.4 is 5.32 Å². The van der Waals surface area contributed by atoms with Gasteiger partial charge in [0.25, 0.3) is 0 Å². The Morgan fingerprint density at radius 1 is 1.44 bits per heavy atom. The number of hydrogen-bond acceptors (Lipinski definition) is 3. The fourth-order valence-corrected chi connectivity index (χ4v) is 2.34. The van der Waals surface area contributed by atoms with E-state index in [1.807, 2.05) is 12.5 Å². The van der Waals surface area contributed by atoms with Crippen molar-refractivity contribution >= 4 is 11.3 Å². The summed E-state index contributed by atoms with van der Waals surface area (Å²) >= 11 is 1.79. The van der Waals surface area contributed by atoms with Crippen molar-refractivity contribution in [3.8, 4) is 0 Å². The van der Waals surface area contributed by atoms with Gasteiger partial charge < -0.3 is 9.88 Å². The molecule has 0 bridgehead atoms. The van der Waals surface area contributed by atoms with E-state index >= 15 is 0 Å². The SMILES string of the molecule is CCCn1cncc1CNCc1cccs1. The van der Waals surface area contributed by atoms with Gasteiger partial charge in [-0.1, -0.05) is 13.0 Å². The van der Waals surface area contributed by atoms with E-state index in [4.69, 9.17) is 0 Å². The number of hydrogen-bond donors (Lipinski definition) is 1. The molecule has 4 heteroatoms. The summed E-state index contributed by atoms with van der Waals surface area (Å²) in [7, 11) is 0. The van der Waals surface area contributed by atoms with E-state index in [9.17, 15) is 0 Å². The highest BCUT2D eigenvalue weighted by Crippen LogP contribution is 2.08. The highest BCUT2D eigenvalue weighted by molar-refractivity contribution is 7.09. The Labute approximate surface area is 100 Å². The highest BCUT2D eigenvalue weighted by atomic mass is 32.1. The van der Waals surface area contributed by atoms with Crippen molar-refractivity contribution in [3.05, 3.63) is 40.6 Å². The number of thiophene rings is 1. The number of nitrogens with one attached hydrogen (secondary N) is 1. The Morgan fingerprint density at radius 3 is 3.12 bits per heavy atom. The van der Waals surface area contributed by atoms with Crippen LogP contribution >= 0.6 is 11.3 Å². The maximum atomic E-state index is 4.18. The predicted molar refractivity (Wildman–Crippen MR) is 67.4 cm³/mol. The molecule has 0 aliphatic heterocycles. The second-order valence-corrected chi connectivity index (χ2v) is 4.79. The van der Waals surface area contributed by atoms with Crippen LogP contribution in [0.25, 0.3) is 0 Å². The third-order valence-electron chi connectivity index (χ3n) is 2.45. The molecule has 0 saturated carbocycles. The second-order valence-electron chi connectivity index (χ2n) is 3.76. The molecule has 0 fully saturated rings. The van der Waals surface area contributed by atoms with Crippen LogP contribution in [0, 0.1) is 0 Å². The molecule has 0 unspecified atom stereocenters. The Hall–Kier alpha value is -1.13. The molecule has 0 aromatic carbocycles. The molecule has 16 heavy (non-hydrogen) atoms. The Morgan fingerprint density at radius 2 is 2.38 bits per heavy atom. The molecule has 2 heterocycles. The number of aryl methyl sites for hydroxylation is 1. The van der Waals surface area contributed by atoms with Crippen molar-refractivity contribution in [2.24, 2.45) is 0 Å². The molecule has 0 spiro atoms. The van der Waals surface area contributed by atoms with Crippen LogP contribution in [0.5, 0.6) is 0 Å². The zero-order valence-corrected chi connectivity index (χ0v) is 10.3. The fourth-order valence-electron chi connectivity index (χ4n) is 1.66. The van der Waals surface area contributed by atoms with Crippen LogP contribution in [0.15, 0.2) is 30.0 Å². The van der Waals surface area contributed by atoms with Crippen LogP contribution in [0.3, 0.4) is 0 Å². The van der Waals surface area contributed by atoms with E-state index in [0.717, 1.165) is 26.1 Å². The lowest BCUT2D eigenvalue weighted by Gasteiger charge is -2.07. The van der Waals surface area contributed by atoms with Crippen LogP contribution in [0.1, 0.15) is 23.9 Å². The van der Waals surface area contributed by atoms with E-state index in [0.29, 0.717) is 0 Å². The largest absolute Gasteiger partial charge is 0.333 e. The fraction of sp³-hybridized carbons (Fsp3) is 0.417. The Balaban J connectivity index is 1.82. The van der Waals surface area contributed by atoms with Crippen LogP contribution in [-0.4, -0.2) is 9.55 Å². The first-order valence-corrected chi connectivity index (χ1v) is 6.50. The summed E-state index contributed by atoms with van der Waals surface area (Å²) in [6.45, 7) is 5.06. The third kappa shape index (κ3) is 2.93. The first-order valence-electron chi connectivity index (χ1n) is 5.62. The summed E-state index contributed by atoms with van der Waals surface area (Å²) in [6, 6.07) is 4.24. The van der Waals surface area contributed by atoms with Gasteiger partial charge in [0.2, 0.25) is 0 Å². The predicted octanol–water partition coefficient (Wildman–Crippen LogP) is 2.64. The molecule has 1 N–H and O–H groups in total. The Bertz CT molecular complexity index is 406. The standard InChI is InChI=1S/C12H17N3S/c1-2-5-15-10-14-8-11(15)7-13-9-12-4-3-6-16-12/h3-4,6,8,10,13H,2,5,7,9H2,1H3. The van der Waals surface area contributed by atoms with E-state index in [2.05, 4.69) is 39.3 Å². The molecule has 0 saturated heterocycles. The van der Waals surface area contributed by atoms with Crippen LogP contribution in [0.2, 0.25) is 0 Å². The second kappa shape index (κ2) is 5.82. The van der Waals surface area contributed by atoms with Crippen molar-refractivity contribution in [1.82, 2.24) is 14.9 Å². The minimum atomic E-state index is 0.887. The summed E-state index contributed by atoms with van der Waals surface area (Å²) in [6.07, 6.45) is 5.00. The number of rotatable bonds is 6. The molecule has 2 aromatic rings. The van der Waals surface area contributed by atoms with Crippen LogP contribution in [-0.2, 0) is 19.6 Å². The molecule has 2 rings (SSSR count). The zero-order chi connectivity index (χ0) is 11.2. The monoisotopic (exact) mass is 235 g/mol. The molecule has 0 aliphatic carbocycles. The first kappa shape index (κ1) is 11.4. The van der Waals surface area contributed by atoms with Gasteiger partial charge in [0.1, 0.15) is 0 Å². The van der Waals surface area contributed by atoms with Crippen molar-refractivity contribution in [2.75, 3.05) is 0 Å². The zero-order valence-electron chi connectivity index (χ0n) is 9.52. The van der Waals surface area contributed by atoms with Gasteiger partial charge in [-0.05, 0) is 17.9 Å². The molecule has 0 radical (unpaired) electrons. The molecule has 3 nitrogen and oxygen atoms in total. The van der Waals surface area contributed by atoms with Gasteiger partial charge in [0, 0.05) is 30.7 Å². The quantitative estimate of drug-likeness (QED) is 0.834. The maximum Gasteiger partial charge on any atom is 0.0948 e. The minimum Gasteiger partial charge on any atom is -0.333 e. The highest BCUT2D eigenvalue weighted by Gasteiger charge is 2.00. The van der Waals surface area contributed by atoms with Gasteiger partial charge in [-0.15, -0.1) is 11.3 Å². The lowest BCUT2D eigenvalue weighted by Crippen LogP contribution is -2.15. The van der Waals surface area contributed by atoms with Crippen molar-refractivity contribution in [2.45, 2.75) is 33.0 Å². The van der Waals surface area contributed by atoms with E-state index < -0.39 is 0 Å². The first-order chi connectivity index (χ1) is 7.90. The van der Waals surface area contributed by atoms with Crippen molar-refractivity contribution < 1.29 is 0 Å². The lowest BCUT2D eigenvalue weighted by molar-refractivity contribution is 0.603. The normalized spacial score (nSPS) is 10.8. The average molecular weight is 235 g/mol. The maximum absolute atomic E-state index is 4.18. The van der Waals surface area contributed by atoms with Gasteiger partial charge in [-0.3, -0.25) is 0 Å². The third-order valence-corrected chi connectivity index (χ3v) is 3.32. The summed E-state index contributed by atoms with van der Waals surface area (Å²) in [5.41, 5.74) is 1.26. The smallest absolute Gasteiger partial charge is 0.0948 e. The average Bonchev–Trinajstić information content (AvgIpc) is 2.91. The van der Waals surface area contributed by atoms with Gasteiger partial charge in [0.15, 0.2) is 0 Å². The molecule has 2 aromatic heterocycles. The lowest BCUT2D eigenvalue weighted by atomic mass is 10.4. The van der Waals surface area contributed by atoms with Crippen molar-refractivity contribution in [1.29, 1.82) is 0 Å². The molecule has 0 amide bonds. The minimum absolute atomic E-state index is 0.887. The van der Waals surface area contributed by atoms with Gasteiger partial charge in [0.05, 0.1) is 12.0 Å². The van der Waals surface area contributed by atoms with Gasteiger partial charge in [-0.2, -0.15) is 0 Å². The number of aromatic nitrogens is 2. The topological polar surface area (TPSA) is 29.9 Å². The summed E-state index contributed by atoms with van der Waals surface area (Å²) in [5.74, 6) is 0. The number of imidazole rings is 1. The molecule has 0 aliphatic rings. The molecular weight excluding hydrogens is 218 g/mol. The molecule has 0 atom stereocenters.